The maximum Gasteiger partial charge on any atom is 0.348 e. The van der Waals surface area contributed by atoms with E-state index >= 15 is 0 Å². The lowest BCUT2D eigenvalue weighted by molar-refractivity contribution is 0.0606. The van der Waals surface area contributed by atoms with E-state index in [-0.39, 0.29) is 24.5 Å². The number of ether oxygens (including phenoxy) is 1. The van der Waals surface area contributed by atoms with Crippen LogP contribution in [0.3, 0.4) is 0 Å². The SMILES string of the molecule is COC(=O)c1cc(S(=O)(=O)Nc2ccc(Cl)nn2)c(Br)s1. The fourth-order valence-electron chi connectivity index (χ4n) is 1.30. The zero-order chi connectivity index (χ0) is 15.6. The van der Waals surface area contributed by atoms with Crippen LogP contribution in [0.15, 0.2) is 26.9 Å². The number of methoxy groups -OCH3 is 1. The van der Waals surface area contributed by atoms with Crippen LogP contribution >= 0.6 is 38.9 Å². The van der Waals surface area contributed by atoms with Gasteiger partial charge in [-0.3, -0.25) is 4.72 Å². The summed E-state index contributed by atoms with van der Waals surface area (Å²) in [6.07, 6.45) is 0. The van der Waals surface area contributed by atoms with Gasteiger partial charge in [0.2, 0.25) is 0 Å². The quantitative estimate of drug-likeness (QED) is 0.775. The molecule has 0 radical (unpaired) electrons. The van der Waals surface area contributed by atoms with E-state index in [0.29, 0.717) is 0 Å². The number of nitrogens with one attached hydrogen (secondary N) is 1. The van der Waals surface area contributed by atoms with Gasteiger partial charge in [0.15, 0.2) is 11.0 Å². The Bertz CT molecular complexity index is 776. The summed E-state index contributed by atoms with van der Waals surface area (Å²) >= 11 is 9.63. The highest BCUT2D eigenvalue weighted by atomic mass is 79.9. The van der Waals surface area contributed by atoms with E-state index in [0.717, 1.165) is 11.3 Å². The van der Waals surface area contributed by atoms with Gasteiger partial charge >= 0.3 is 5.97 Å². The lowest BCUT2D eigenvalue weighted by Gasteiger charge is -2.05. The number of rotatable bonds is 4. The van der Waals surface area contributed by atoms with Crippen molar-refractivity contribution in [2.75, 3.05) is 11.8 Å². The molecule has 7 nitrogen and oxygen atoms in total. The van der Waals surface area contributed by atoms with Gasteiger partial charge in [0.1, 0.15) is 9.77 Å². The summed E-state index contributed by atoms with van der Waals surface area (Å²) in [6.45, 7) is 0. The van der Waals surface area contributed by atoms with Gasteiger partial charge in [0, 0.05) is 0 Å². The van der Waals surface area contributed by atoms with Gasteiger partial charge in [-0.15, -0.1) is 21.5 Å². The molecular weight excluding hydrogens is 406 g/mol. The van der Waals surface area contributed by atoms with E-state index in [1.165, 1.54) is 25.3 Å². The maximum absolute atomic E-state index is 12.2. The number of anilines is 1. The number of thiophene rings is 1. The number of hydrogen-bond donors (Lipinski definition) is 1. The molecule has 112 valence electrons. The van der Waals surface area contributed by atoms with Gasteiger partial charge in [0.05, 0.1) is 10.9 Å². The first-order chi connectivity index (χ1) is 9.83. The van der Waals surface area contributed by atoms with E-state index in [4.69, 9.17) is 11.6 Å². The van der Waals surface area contributed by atoms with E-state index < -0.39 is 16.0 Å². The third-order valence-corrected chi connectivity index (χ3v) is 5.99. The molecule has 2 aromatic heterocycles. The van der Waals surface area contributed by atoms with Gasteiger partial charge in [0.25, 0.3) is 10.0 Å². The van der Waals surface area contributed by atoms with Crippen LogP contribution in [0.25, 0.3) is 0 Å². The van der Waals surface area contributed by atoms with Crippen LogP contribution in [0.5, 0.6) is 0 Å². The Morgan fingerprint density at radius 2 is 2.14 bits per heavy atom. The fourth-order valence-corrected chi connectivity index (χ4v) is 4.88. The Labute approximate surface area is 137 Å². The van der Waals surface area contributed by atoms with Crippen LogP contribution in [0, 0.1) is 0 Å². The first kappa shape index (κ1) is 16.1. The highest BCUT2D eigenvalue weighted by Crippen LogP contribution is 2.32. The number of carbonyl (C=O) groups excluding carboxylic acids is 1. The molecule has 2 heterocycles. The van der Waals surface area contributed by atoms with Crippen LogP contribution in [-0.2, 0) is 14.8 Å². The van der Waals surface area contributed by atoms with Gasteiger partial charge < -0.3 is 4.74 Å². The van der Waals surface area contributed by atoms with Crippen molar-refractivity contribution in [2.24, 2.45) is 0 Å². The highest BCUT2D eigenvalue weighted by molar-refractivity contribution is 9.11. The molecule has 0 atom stereocenters. The number of carbonyl (C=O) groups is 1. The van der Waals surface area contributed by atoms with Crippen molar-refractivity contribution in [3.63, 3.8) is 0 Å². The number of aromatic nitrogens is 2. The molecule has 0 aliphatic heterocycles. The smallest absolute Gasteiger partial charge is 0.348 e. The highest BCUT2D eigenvalue weighted by Gasteiger charge is 2.24. The van der Waals surface area contributed by atoms with Crippen LogP contribution in [0.4, 0.5) is 5.82 Å². The lowest BCUT2D eigenvalue weighted by Crippen LogP contribution is -2.14. The molecule has 0 amide bonds. The minimum absolute atomic E-state index is 0.0112. The first-order valence-corrected chi connectivity index (χ1v) is 8.70. The number of halogens is 2. The average molecular weight is 413 g/mol. The largest absolute Gasteiger partial charge is 0.465 e. The standard InChI is InChI=1S/C10H7BrClN3O4S2/c1-19-10(16)5-4-6(9(11)20-5)21(17,18)15-8-3-2-7(12)13-14-8/h2-4H,1H3,(H,14,15). The van der Waals surface area contributed by atoms with Crippen LogP contribution in [-0.4, -0.2) is 31.7 Å². The Morgan fingerprint density at radius 3 is 2.71 bits per heavy atom. The van der Waals surface area contributed by atoms with Gasteiger partial charge in [-0.2, -0.15) is 0 Å². The van der Waals surface area contributed by atoms with E-state index in [9.17, 15) is 13.2 Å². The first-order valence-electron chi connectivity index (χ1n) is 5.23. The minimum Gasteiger partial charge on any atom is -0.465 e. The summed E-state index contributed by atoms with van der Waals surface area (Å²) in [6, 6.07) is 3.98. The summed E-state index contributed by atoms with van der Waals surface area (Å²) in [5.74, 6) is -0.606. The third kappa shape index (κ3) is 3.70. The Balaban J connectivity index is 2.33. The second-order valence-corrected chi connectivity index (χ2v) is 8.00. The molecule has 1 N–H and O–H groups in total. The molecule has 11 heteroatoms. The molecule has 2 rings (SSSR count). The number of hydrogen-bond acceptors (Lipinski definition) is 7. The van der Waals surface area contributed by atoms with Crippen LogP contribution in [0.1, 0.15) is 9.67 Å². The summed E-state index contributed by atoms with van der Waals surface area (Å²) in [5, 5.41) is 7.27. The van der Waals surface area contributed by atoms with Crippen molar-refractivity contribution in [1.82, 2.24) is 10.2 Å². The molecule has 21 heavy (non-hydrogen) atoms. The molecule has 0 bridgehead atoms. The molecule has 0 fully saturated rings. The van der Waals surface area contributed by atoms with Crippen molar-refractivity contribution in [3.8, 4) is 0 Å². The summed E-state index contributed by atoms with van der Waals surface area (Å²) in [4.78, 5) is 11.5. The molecular formula is C10H7BrClN3O4S2. The maximum atomic E-state index is 12.2. The van der Waals surface area contributed by atoms with Gasteiger partial charge in [-0.1, -0.05) is 11.6 Å². The number of nitrogens with zero attached hydrogens (tertiary/aromatic N) is 2. The van der Waals surface area contributed by atoms with E-state index in [2.05, 4.69) is 35.6 Å². The molecule has 0 aliphatic carbocycles. The molecule has 0 spiro atoms. The monoisotopic (exact) mass is 411 g/mol. The summed E-state index contributed by atoms with van der Waals surface area (Å²) < 4.78 is 31.5. The Kier molecular flexibility index (Phi) is 4.81. The second kappa shape index (κ2) is 6.26. The van der Waals surface area contributed by atoms with Crippen molar-refractivity contribution in [2.45, 2.75) is 4.90 Å². The second-order valence-electron chi connectivity index (χ2n) is 3.59. The predicted molar refractivity (Wildman–Crippen MR) is 81.2 cm³/mol. The molecule has 0 aromatic carbocycles. The average Bonchev–Trinajstić information content (AvgIpc) is 2.83. The topological polar surface area (TPSA) is 98.2 Å². The zero-order valence-corrected chi connectivity index (χ0v) is 14.3. The summed E-state index contributed by atoms with van der Waals surface area (Å²) in [7, 11) is -2.70. The Morgan fingerprint density at radius 1 is 1.43 bits per heavy atom. The number of sulfonamides is 1. The van der Waals surface area contributed by atoms with E-state index in [1.54, 1.807) is 0 Å². The van der Waals surface area contributed by atoms with Crippen molar-refractivity contribution < 1.29 is 17.9 Å². The normalized spacial score (nSPS) is 11.2. The molecule has 0 unspecified atom stereocenters. The van der Waals surface area contributed by atoms with Crippen molar-refractivity contribution >= 4 is 60.7 Å². The van der Waals surface area contributed by atoms with Crippen LogP contribution < -0.4 is 4.72 Å². The predicted octanol–water partition coefficient (Wildman–Crippen LogP) is 2.54. The number of esters is 1. The molecule has 0 saturated heterocycles. The van der Waals surface area contributed by atoms with Crippen molar-refractivity contribution in [1.29, 1.82) is 0 Å². The zero-order valence-electron chi connectivity index (χ0n) is 10.3. The molecule has 2 aromatic rings. The van der Waals surface area contributed by atoms with Crippen LogP contribution in [0.2, 0.25) is 5.15 Å². The van der Waals surface area contributed by atoms with Gasteiger partial charge in [-0.25, -0.2) is 13.2 Å². The Hall–Kier alpha value is -1.23. The van der Waals surface area contributed by atoms with Gasteiger partial charge in [-0.05, 0) is 34.1 Å². The molecule has 0 saturated carbocycles. The van der Waals surface area contributed by atoms with Crippen molar-refractivity contribution in [3.05, 3.63) is 32.0 Å². The fraction of sp³-hybridized carbons (Fsp3) is 0.100. The minimum atomic E-state index is -3.92. The summed E-state index contributed by atoms with van der Waals surface area (Å²) in [5.41, 5.74) is 0. The molecule has 0 aliphatic rings. The lowest BCUT2D eigenvalue weighted by atomic mass is 10.5. The van der Waals surface area contributed by atoms with E-state index in [1.807, 2.05) is 0 Å². The third-order valence-electron chi connectivity index (χ3n) is 2.20.